The molecule has 0 unspecified atom stereocenters. The van der Waals surface area contributed by atoms with E-state index in [9.17, 15) is 4.39 Å². The lowest BCUT2D eigenvalue weighted by atomic mass is 9.89. The Hall–Kier alpha value is -1.16. The molecule has 2 aliphatic carbocycles. The third-order valence-electron chi connectivity index (χ3n) is 4.53. The second kappa shape index (κ2) is 5.45. The van der Waals surface area contributed by atoms with Gasteiger partial charge in [-0.1, -0.05) is 18.6 Å². The zero-order valence-electron chi connectivity index (χ0n) is 10.9. The second-order valence-electron chi connectivity index (χ2n) is 5.75. The molecule has 19 heavy (non-hydrogen) atoms. The maximum absolute atomic E-state index is 13.5. The Bertz CT molecular complexity index is 477. The standard InChI is InChI=1S/C15H19FN2S/c16-13-3-1-2-4-14(13)18-15(19)17-9-12-8-10-5-6-11(12)7-10/h1-4,10-12H,5-9H2,(H2,17,18,19)/t10-,11-,12+/m0/s1. The Morgan fingerprint density at radius 3 is 2.79 bits per heavy atom. The molecule has 1 aromatic carbocycles. The summed E-state index contributed by atoms with van der Waals surface area (Å²) in [5.41, 5.74) is 0.438. The molecule has 2 nitrogen and oxygen atoms in total. The first kappa shape index (κ1) is 12.9. The zero-order chi connectivity index (χ0) is 13.2. The van der Waals surface area contributed by atoms with E-state index in [2.05, 4.69) is 10.6 Å². The van der Waals surface area contributed by atoms with Crippen LogP contribution in [0.2, 0.25) is 0 Å². The van der Waals surface area contributed by atoms with E-state index in [4.69, 9.17) is 12.2 Å². The van der Waals surface area contributed by atoms with Crippen LogP contribution in [0.3, 0.4) is 0 Å². The van der Waals surface area contributed by atoms with Crippen molar-refractivity contribution in [3.63, 3.8) is 0 Å². The van der Waals surface area contributed by atoms with Gasteiger partial charge in [0.25, 0.3) is 0 Å². The number of halogens is 1. The fourth-order valence-electron chi connectivity index (χ4n) is 3.58. The normalized spacial score (nSPS) is 28.4. The van der Waals surface area contributed by atoms with Gasteiger partial charge in [0, 0.05) is 6.54 Å². The van der Waals surface area contributed by atoms with Crippen LogP contribution in [0.5, 0.6) is 0 Å². The van der Waals surface area contributed by atoms with Crippen molar-refractivity contribution >= 4 is 23.0 Å². The first-order valence-corrected chi connectivity index (χ1v) is 7.42. The summed E-state index contributed by atoms with van der Waals surface area (Å²) >= 11 is 5.23. The first-order valence-electron chi connectivity index (χ1n) is 7.02. The third kappa shape index (κ3) is 2.89. The summed E-state index contributed by atoms with van der Waals surface area (Å²) in [6, 6.07) is 6.60. The molecule has 0 amide bonds. The molecule has 0 aliphatic heterocycles. The molecule has 3 atom stereocenters. The molecule has 0 heterocycles. The number of nitrogens with one attached hydrogen (secondary N) is 2. The molecule has 4 heteroatoms. The van der Waals surface area contributed by atoms with E-state index in [0.29, 0.717) is 10.8 Å². The van der Waals surface area contributed by atoms with Gasteiger partial charge in [-0.25, -0.2) is 4.39 Å². The van der Waals surface area contributed by atoms with E-state index in [1.165, 1.54) is 31.7 Å². The summed E-state index contributed by atoms with van der Waals surface area (Å²) < 4.78 is 13.5. The molecule has 3 rings (SSSR count). The van der Waals surface area contributed by atoms with Crippen LogP contribution in [0.1, 0.15) is 25.7 Å². The summed E-state index contributed by atoms with van der Waals surface area (Å²) in [6.07, 6.45) is 5.53. The van der Waals surface area contributed by atoms with E-state index in [0.717, 1.165) is 24.3 Å². The lowest BCUT2D eigenvalue weighted by Gasteiger charge is -2.22. The minimum absolute atomic E-state index is 0.272. The van der Waals surface area contributed by atoms with Crippen LogP contribution >= 0.6 is 12.2 Å². The van der Waals surface area contributed by atoms with Gasteiger partial charge < -0.3 is 10.6 Å². The average molecular weight is 278 g/mol. The molecule has 0 aromatic heterocycles. The van der Waals surface area contributed by atoms with Gasteiger partial charge in [0.05, 0.1) is 5.69 Å². The second-order valence-corrected chi connectivity index (χ2v) is 6.16. The predicted octanol–water partition coefficient (Wildman–Crippen LogP) is 3.55. The number of anilines is 1. The molecular weight excluding hydrogens is 259 g/mol. The molecule has 102 valence electrons. The minimum Gasteiger partial charge on any atom is -0.362 e. The Kier molecular flexibility index (Phi) is 3.69. The van der Waals surface area contributed by atoms with Crippen LogP contribution in [0.15, 0.2) is 24.3 Å². The van der Waals surface area contributed by atoms with Gasteiger partial charge in [0.2, 0.25) is 0 Å². The molecule has 1 aromatic rings. The first-order chi connectivity index (χ1) is 9.22. The van der Waals surface area contributed by atoms with Crippen LogP contribution in [0, 0.1) is 23.6 Å². The lowest BCUT2D eigenvalue weighted by molar-refractivity contribution is 0.332. The van der Waals surface area contributed by atoms with Crippen molar-refractivity contribution in [2.75, 3.05) is 11.9 Å². The van der Waals surface area contributed by atoms with Crippen molar-refractivity contribution in [1.29, 1.82) is 0 Å². The van der Waals surface area contributed by atoms with Crippen LogP contribution in [-0.4, -0.2) is 11.7 Å². The van der Waals surface area contributed by atoms with Crippen molar-refractivity contribution in [3.05, 3.63) is 30.1 Å². The molecule has 0 spiro atoms. The van der Waals surface area contributed by atoms with Crippen molar-refractivity contribution < 1.29 is 4.39 Å². The molecular formula is C15H19FN2S. The fraction of sp³-hybridized carbons (Fsp3) is 0.533. The molecule has 2 aliphatic rings. The Morgan fingerprint density at radius 1 is 1.26 bits per heavy atom. The number of fused-ring (bicyclic) bond motifs is 2. The van der Waals surface area contributed by atoms with Gasteiger partial charge in [0.1, 0.15) is 5.82 Å². The van der Waals surface area contributed by atoms with Crippen LogP contribution in [-0.2, 0) is 0 Å². The predicted molar refractivity (Wildman–Crippen MR) is 79.6 cm³/mol. The van der Waals surface area contributed by atoms with Gasteiger partial charge in [-0.3, -0.25) is 0 Å². The van der Waals surface area contributed by atoms with Gasteiger partial charge in [-0.15, -0.1) is 0 Å². The van der Waals surface area contributed by atoms with Gasteiger partial charge >= 0.3 is 0 Å². The smallest absolute Gasteiger partial charge is 0.170 e. The topological polar surface area (TPSA) is 24.1 Å². The molecule has 0 radical (unpaired) electrons. The summed E-state index contributed by atoms with van der Waals surface area (Å²) in [7, 11) is 0. The minimum atomic E-state index is -0.272. The van der Waals surface area contributed by atoms with Crippen molar-refractivity contribution in [2.45, 2.75) is 25.7 Å². The zero-order valence-corrected chi connectivity index (χ0v) is 11.7. The number of para-hydroxylation sites is 1. The van der Waals surface area contributed by atoms with E-state index < -0.39 is 0 Å². The molecule has 2 bridgehead atoms. The van der Waals surface area contributed by atoms with E-state index in [-0.39, 0.29) is 5.82 Å². The average Bonchev–Trinajstić information content (AvgIpc) is 3.01. The van der Waals surface area contributed by atoms with Gasteiger partial charge in [0.15, 0.2) is 5.11 Å². The molecule has 2 saturated carbocycles. The Labute approximate surface area is 118 Å². The van der Waals surface area contributed by atoms with Gasteiger partial charge in [-0.05, 0) is 61.4 Å². The van der Waals surface area contributed by atoms with Crippen LogP contribution in [0.25, 0.3) is 0 Å². The number of thiocarbonyl (C=S) groups is 1. The summed E-state index contributed by atoms with van der Waals surface area (Å²) in [4.78, 5) is 0. The summed E-state index contributed by atoms with van der Waals surface area (Å²) in [6.45, 7) is 0.918. The fourth-order valence-corrected chi connectivity index (χ4v) is 3.77. The highest BCUT2D eigenvalue weighted by Crippen LogP contribution is 2.47. The van der Waals surface area contributed by atoms with Crippen molar-refractivity contribution in [3.8, 4) is 0 Å². The Morgan fingerprint density at radius 2 is 2.11 bits per heavy atom. The highest BCUT2D eigenvalue weighted by molar-refractivity contribution is 7.80. The summed E-state index contributed by atoms with van der Waals surface area (Å²) in [5.74, 6) is 2.31. The Balaban J connectivity index is 1.48. The van der Waals surface area contributed by atoms with E-state index >= 15 is 0 Å². The quantitative estimate of drug-likeness (QED) is 0.827. The third-order valence-corrected chi connectivity index (χ3v) is 4.78. The van der Waals surface area contributed by atoms with Crippen LogP contribution in [0.4, 0.5) is 10.1 Å². The lowest BCUT2D eigenvalue weighted by Crippen LogP contribution is -2.34. The number of hydrogen-bond donors (Lipinski definition) is 2. The number of hydrogen-bond acceptors (Lipinski definition) is 1. The molecule has 2 fully saturated rings. The SMILES string of the molecule is Fc1ccccc1NC(=S)NC[C@H]1C[C@H]2CC[C@H]1C2. The molecule has 2 N–H and O–H groups in total. The number of benzene rings is 1. The maximum Gasteiger partial charge on any atom is 0.170 e. The number of rotatable bonds is 3. The highest BCUT2D eigenvalue weighted by Gasteiger charge is 2.39. The molecule has 0 saturated heterocycles. The van der Waals surface area contributed by atoms with Crippen molar-refractivity contribution in [2.24, 2.45) is 17.8 Å². The maximum atomic E-state index is 13.5. The highest BCUT2D eigenvalue weighted by atomic mass is 32.1. The largest absolute Gasteiger partial charge is 0.362 e. The van der Waals surface area contributed by atoms with E-state index in [1.54, 1.807) is 18.2 Å². The monoisotopic (exact) mass is 278 g/mol. The van der Waals surface area contributed by atoms with Crippen LogP contribution < -0.4 is 10.6 Å². The van der Waals surface area contributed by atoms with Gasteiger partial charge in [-0.2, -0.15) is 0 Å². The van der Waals surface area contributed by atoms with E-state index in [1.807, 2.05) is 0 Å². The summed E-state index contributed by atoms with van der Waals surface area (Å²) in [5, 5.41) is 6.68. The van der Waals surface area contributed by atoms with Crippen molar-refractivity contribution in [1.82, 2.24) is 5.32 Å².